The van der Waals surface area contributed by atoms with Crippen molar-refractivity contribution in [1.82, 2.24) is 10.2 Å². The maximum absolute atomic E-state index is 12.9. The Morgan fingerprint density at radius 3 is 2.81 bits per heavy atom. The number of benzene rings is 1. The third-order valence-electron chi connectivity index (χ3n) is 4.68. The minimum atomic E-state index is 0.107. The number of hydrogen-bond acceptors (Lipinski definition) is 5. The van der Waals surface area contributed by atoms with Crippen LogP contribution < -0.4 is 14.8 Å². The quantitative estimate of drug-likeness (QED) is 0.765. The highest BCUT2D eigenvalue weighted by Gasteiger charge is 2.19. The predicted octanol–water partition coefficient (Wildman–Crippen LogP) is 3.70. The molecule has 0 spiro atoms. The van der Waals surface area contributed by atoms with Crippen LogP contribution in [0.25, 0.3) is 0 Å². The number of nitrogens with zero attached hydrogens (tertiary/aromatic N) is 1. The number of fused-ring (bicyclic) bond motifs is 1. The Balaban J connectivity index is 1.73. The molecule has 5 nitrogen and oxygen atoms in total. The van der Waals surface area contributed by atoms with Crippen molar-refractivity contribution in [1.29, 1.82) is 0 Å². The molecular weight excluding hydrogens is 348 g/mol. The zero-order valence-corrected chi connectivity index (χ0v) is 16.4. The van der Waals surface area contributed by atoms with Crippen LogP contribution >= 0.6 is 11.3 Å². The first kappa shape index (κ1) is 18.7. The molecule has 1 amide bonds. The molecule has 1 aliphatic heterocycles. The summed E-state index contributed by atoms with van der Waals surface area (Å²) in [6.07, 6.45) is 0.999. The van der Waals surface area contributed by atoms with E-state index in [9.17, 15) is 4.79 Å². The molecule has 1 unspecified atom stereocenters. The van der Waals surface area contributed by atoms with Crippen LogP contribution in [0.15, 0.2) is 29.6 Å². The zero-order valence-electron chi connectivity index (χ0n) is 15.6. The van der Waals surface area contributed by atoms with Crippen molar-refractivity contribution in [3.63, 3.8) is 0 Å². The Bertz CT molecular complexity index is 759. The molecule has 26 heavy (non-hydrogen) atoms. The Labute approximate surface area is 158 Å². The SMILES string of the molecule is CCC(C)NCC(=O)N(Cc1ccc2c(c1)OCO2)Cc1sccc1C. The van der Waals surface area contributed by atoms with E-state index in [1.165, 1.54) is 10.4 Å². The number of rotatable bonds is 8. The van der Waals surface area contributed by atoms with Crippen molar-refractivity contribution in [2.45, 2.75) is 46.3 Å². The molecule has 0 bridgehead atoms. The average Bonchev–Trinajstić information content (AvgIpc) is 3.27. The third kappa shape index (κ3) is 4.56. The van der Waals surface area contributed by atoms with Gasteiger partial charge in [0.15, 0.2) is 11.5 Å². The van der Waals surface area contributed by atoms with Gasteiger partial charge in [-0.3, -0.25) is 4.79 Å². The molecule has 2 heterocycles. The van der Waals surface area contributed by atoms with Crippen LogP contribution in [0.1, 0.15) is 36.3 Å². The highest BCUT2D eigenvalue weighted by Crippen LogP contribution is 2.33. The lowest BCUT2D eigenvalue weighted by Crippen LogP contribution is -2.40. The molecule has 1 aromatic carbocycles. The number of amides is 1. The summed E-state index contributed by atoms with van der Waals surface area (Å²) in [5, 5.41) is 5.38. The fourth-order valence-corrected chi connectivity index (χ4v) is 3.67. The van der Waals surface area contributed by atoms with Crippen molar-refractivity contribution in [3.05, 3.63) is 45.6 Å². The first-order valence-corrected chi connectivity index (χ1v) is 9.87. The molecule has 0 saturated heterocycles. The lowest BCUT2D eigenvalue weighted by atomic mass is 10.1. The number of thiophene rings is 1. The fraction of sp³-hybridized carbons (Fsp3) is 0.450. The van der Waals surface area contributed by atoms with Crippen molar-refractivity contribution in [2.75, 3.05) is 13.3 Å². The number of hydrogen-bond donors (Lipinski definition) is 1. The molecule has 6 heteroatoms. The van der Waals surface area contributed by atoms with Gasteiger partial charge in [-0.05, 0) is 55.0 Å². The average molecular weight is 375 g/mol. The molecule has 2 aromatic rings. The van der Waals surface area contributed by atoms with Crippen LogP contribution in [-0.4, -0.2) is 30.2 Å². The van der Waals surface area contributed by atoms with Crippen molar-refractivity contribution < 1.29 is 14.3 Å². The van der Waals surface area contributed by atoms with Gasteiger partial charge in [-0.25, -0.2) is 0 Å². The van der Waals surface area contributed by atoms with Gasteiger partial charge < -0.3 is 19.7 Å². The van der Waals surface area contributed by atoms with Gasteiger partial charge in [-0.2, -0.15) is 0 Å². The number of aryl methyl sites for hydroxylation is 1. The van der Waals surface area contributed by atoms with E-state index in [0.29, 0.717) is 25.7 Å². The maximum Gasteiger partial charge on any atom is 0.237 e. The Morgan fingerprint density at radius 2 is 2.08 bits per heavy atom. The number of carbonyl (C=O) groups is 1. The van der Waals surface area contributed by atoms with Gasteiger partial charge in [0.1, 0.15) is 0 Å². The lowest BCUT2D eigenvalue weighted by Gasteiger charge is -2.24. The second-order valence-corrected chi connectivity index (χ2v) is 7.66. The summed E-state index contributed by atoms with van der Waals surface area (Å²) in [6.45, 7) is 8.08. The molecule has 1 aromatic heterocycles. The first-order chi connectivity index (χ1) is 12.6. The number of carbonyl (C=O) groups excluding carboxylic acids is 1. The van der Waals surface area contributed by atoms with Gasteiger partial charge >= 0.3 is 0 Å². The van der Waals surface area contributed by atoms with Crippen LogP contribution in [0.4, 0.5) is 0 Å². The Morgan fingerprint density at radius 1 is 1.27 bits per heavy atom. The molecule has 1 atom stereocenters. The second kappa shape index (κ2) is 8.56. The summed E-state index contributed by atoms with van der Waals surface area (Å²) < 4.78 is 10.8. The van der Waals surface area contributed by atoms with E-state index < -0.39 is 0 Å². The highest BCUT2D eigenvalue weighted by atomic mass is 32.1. The third-order valence-corrected chi connectivity index (χ3v) is 5.69. The van der Waals surface area contributed by atoms with Gasteiger partial charge in [0.2, 0.25) is 12.7 Å². The summed E-state index contributed by atoms with van der Waals surface area (Å²) in [6, 6.07) is 8.30. The van der Waals surface area contributed by atoms with Crippen molar-refractivity contribution in [2.24, 2.45) is 0 Å². The maximum atomic E-state index is 12.9. The summed E-state index contributed by atoms with van der Waals surface area (Å²) in [5.41, 5.74) is 2.27. The fourth-order valence-electron chi connectivity index (χ4n) is 2.75. The van der Waals surface area contributed by atoms with E-state index >= 15 is 0 Å². The number of nitrogens with one attached hydrogen (secondary N) is 1. The van der Waals surface area contributed by atoms with Gasteiger partial charge in [0, 0.05) is 17.5 Å². The Hall–Kier alpha value is -2.05. The van der Waals surface area contributed by atoms with Crippen LogP contribution in [0.2, 0.25) is 0 Å². The molecule has 140 valence electrons. The normalized spacial score (nSPS) is 13.7. The van der Waals surface area contributed by atoms with E-state index in [2.05, 4.69) is 37.5 Å². The standard InChI is InChI=1S/C20H26N2O3S/c1-4-15(3)21-10-20(23)22(12-19-14(2)7-8-26-19)11-16-5-6-17-18(9-16)25-13-24-17/h5-9,15,21H,4,10-13H2,1-3H3. The van der Waals surface area contributed by atoms with Gasteiger partial charge in [-0.1, -0.05) is 13.0 Å². The van der Waals surface area contributed by atoms with Crippen molar-refractivity contribution >= 4 is 17.2 Å². The molecule has 0 aliphatic carbocycles. The summed E-state index contributed by atoms with van der Waals surface area (Å²) in [4.78, 5) is 16.0. The van der Waals surface area contributed by atoms with E-state index in [1.807, 2.05) is 23.1 Å². The topological polar surface area (TPSA) is 50.8 Å². The van der Waals surface area contributed by atoms with E-state index in [4.69, 9.17) is 9.47 Å². The van der Waals surface area contributed by atoms with Gasteiger partial charge in [-0.15, -0.1) is 11.3 Å². The monoisotopic (exact) mass is 374 g/mol. The molecular formula is C20H26N2O3S. The minimum Gasteiger partial charge on any atom is -0.454 e. The predicted molar refractivity (Wildman–Crippen MR) is 104 cm³/mol. The second-order valence-electron chi connectivity index (χ2n) is 6.65. The minimum absolute atomic E-state index is 0.107. The van der Waals surface area contributed by atoms with Crippen molar-refractivity contribution in [3.8, 4) is 11.5 Å². The highest BCUT2D eigenvalue weighted by molar-refractivity contribution is 7.10. The van der Waals surface area contributed by atoms with Crippen LogP contribution in [-0.2, 0) is 17.9 Å². The molecule has 0 saturated carbocycles. The Kier molecular flexibility index (Phi) is 6.16. The largest absolute Gasteiger partial charge is 0.454 e. The van der Waals surface area contributed by atoms with Gasteiger partial charge in [0.05, 0.1) is 13.1 Å². The van der Waals surface area contributed by atoms with E-state index in [0.717, 1.165) is 23.5 Å². The molecule has 0 fully saturated rings. The summed E-state index contributed by atoms with van der Waals surface area (Å²) in [5.74, 6) is 1.62. The summed E-state index contributed by atoms with van der Waals surface area (Å²) in [7, 11) is 0. The van der Waals surface area contributed by atoms with Crippen LogP contribution in [0, 0.1) is 6.92 Å². The van der Waals surface area contributed by atoms with E-state index in [-0.39, 0.29) is 12.7 Å². The molecule has 1 N–H and O–H groups in total. The van der Waals surface area contributed by atoms with E-state index in [1.54, 1.807) is 11.3 Å². The van der Waals surface area contributed by atoms with Crippen LogP contribution in [0.5, 0.6) is 11.5 Å². The van der Waals surface area contributed by atoms with Crippen LogP contribution in [0.3, 0.4) is 0 Å². The molecule has 3 rings (SSSR count). The first-order valence-electron chi connectivity index (χ1n) is 8.99. The lowest BCUT2D eigenvalue weighted by molar-refractivity contribution is -0.131. The smallest absolute Gasteiger partial charge is 0.237 e. The number of ether oxygens (including phenoxy) is 2. The molecule has 0 radical (unpaired) electrons. The molecule has 1 aliphatic rings. The summed E-state index contributed by atoms with van der Waals surface area (Å²) >= 11 is 1.70. The zero-order chi connectivity index (χ0) is 18.5. The van der Waals surface area contributed by atoms with Gasteiger partial charge in [0.25, 0.3) is 0 Å².